The number of rotatable bonds is 3. The summed E-state index contributed by atoms with van der Waals surface area (Å²) in [7, 11) is 4.10. The number of fused-ring (bicyclic) bond motifs is 1. The number of H-pyrrole nitrogens is 1. The molecule has 1 fully saturated rings. The molecule has 1 aromatic heterocycles. The van der Waals surface area contributed by atoms with E-state index in [-0.39, 0.29) is 23.7 Å². The Bertz CT molecular complexity index is 980. The van der Waals surface area contributed by atoms with E-state index >= 15 is 0 Å². The predicted octanol–water partition coefficient (Wildman–Crippen LogP) is 3.18. The molecule has 1 aliphatic heterocycles. The molecule has 1 aliphatic rings. The van der Waals surface area contributed by atoms with Crippen molar-refractivity contribution in [1.29, 1.82) is 0 Å². The first kappa shape index (κ1) is 17.7. The highest BCUT2D eigenvalue weighted by Gasteiger charge is 2.38. The highest BCUT2D eigenvalue weighted by Crippen LogP contribution is 2.32. The number of aromatic amines is 1. The van der Waals surface area contributed by atoms with Crippen LogP contribution in [0.1, 0.15) is 27.5 Å². The Labute approximate surface area is 157 Å². The largest absolute Gasteiger partial charge is 0.335 e. The first-order valence-electron chi connectivity index (χ1n) is 9.10. The molecule has 2 aromatic carbocycles. The first-order chi connectivity index (χ1) is 12.9. The van der Waals surface area contributed by atoms with Gasteiger partial charge in [0.2, 0.25) is 0 Å². The molecule has 0 saturated carbocycles. The monoisotopic (exact) mass is 366 g/mol. The summed E-state index contributed by atoms with van der Waals surface area (Å²) in [6.45, 7) is 3.35. The number of amides is 1. The van der Waals surface area contributed by atoms with E-state index < -0.39 is 0 Å². The van der Waals surface area contributed by atoms with Crippen molar-refractivity contribution in [2.75, 3.05) is 27.2 Å². The third-order valence-electron chi connectivity index (χ3n) is 5.47. The van der Waals surface area contributed by atoms with E-state index in [1.54, 1.807) is 6.07 Å². The maximum atomic E-state index is 13.4. The molecule has 0 radical (unpaired) electrons. The average Bonchev–Trinajstić information content (AvgIpc) is 3.26. The van der Waals surface area contributed by atoms with Crippen LogP contribution in [-0.4, -0.2) is 59.1 Å². The molecule has 1 N–H and O–H groups in total. The van der Waals surface area contributed by atoms with Gasteiger partial charge in [-0.05, 0) is 44.8 Å². The van der Waals surface area contributed by atoms with Crippen LogP contribution in [0.2, 0.25) is 0 Å². The zero-order valence-corrected chi connectivity index (χ0v) is 15.7. The van der Waals surface area contributed by atoms with E-state index in [9.17, 15) is 9.18 Å². The number of hydrogen-bond donors (Lipinski definition) is 1. The number of benzene rings is 2. The van der Waals surface area contributed by atoms with E-state index in [1.807, 2.05) is 19.0 Å². The Morgan fingerprint density at radius 1 is 1.19 bits per heavy atom. The number of carbonyl (C=O) groups excluding carboxylic acids is 1. The van der Waals surface area contributed by atoms with Crippen molar-refractivity contribution >= 4 is 16.8 Å². The maximum absolute atomic E-state index is 13.4. The lowest BCUT2D eigenvalue weighted by molar-refractivity contribution is 0.0778. The predicted molar refractivity (Wildman–Crippen MR) is 103 cm³/mol. The molecule has 3 aromatic rings. The van der Waals surface area contributed by atoms with E-state index in [2.05, 4.69) is 46.3 Å². The van der Waals surface area contributed by atoms with Gasteiger partial charge in [0.05, 0.1) is 5.52 Å². The molecule has 0 spiro atoms. The van der Waals surface area contributed by atoms with E-state index in [1.165, 1.54) is 23.3 Å². The van der Waals surface area contributed by atoms with Gasteiger partial charge in [0, 0.05) is 30.4 Å². The smallest absolute Gasteiger partial charge is 0.275 e. The molecule has 140 valence electrons. The molecule has 27 heavy (non-hydrogen) atoms. The zero-order chi connectivity index (χ0) is 19.1. The Balaban J connectivity index is 1.63. The number of carbonyl (C=O) groups is 1. The van der Waals surface area contributed by atoms with Gasteiger partial charge >= 0.3 is 0 Å². The fourth-order valence-corrected chi connectivity index (χ4v) is 3.92. The average molecular weight is 366 g/mol. The van der Waals surface area contributed by atoms with Gasteiger partial charge in [-0.25, -0.2) is 4.39 Å². The van der Waals surface area contributed by atoms with Crippen LogP contribution in [0.5, 0.6) is 0 Å². The number of aromatic nitrogens is 2. The molecule has 1 amide bonds. The number of nitrogens with one attached hydrogen (secondary N) is 1. The molecule has 0 bridgehead atoms. The summed E-state index contributed by atoms with van der Waals surface area (Å²) in [6, 6.07) is 13.1. The second-order valence-corrected chi connectivity index (χ2v) is 7.52. The third kappa shape index (κ3) is 3.21. The normalized spacial score (nSPS) is 20.0. The SMILES string of the molecule is Cc1ccc(C2CN(C(=O)c3n[nH]c4cc(F)ccc34)CC2N(C)C)cc1. The van der Waals surface area contributed by atoms with Gasteiger partial charge in [0.1, 0.15) is 5.82 Å². The van der Waals surface area contributed by atoms with Crippen LogP contribution < -0.4 is 0 Å². The molecule has 5 nitrogen and oxygen atoms in total. The summed E-state index contributed by atoms with van der Waals surface area (Å²) < 4.78 is 13.4. The summed E-state index contributed by atoms with van der Waals surface area (Å²) in [5.41, 5.74) is 3.36. The lowest BCUT2D eigenvalue weighted by atomic mass is 9.93. The molecule has 2 atom stereocenters. The van der Waals surface area contributed by atoms with Crippen LogP contribution >= 0.6 is 0 Å². The highest BCUT2D eigenvalue weighted by atomic mass is 19.1. The van der Waals surface area contributed by atoms with Crippen molar-refractivity contribution < 1.29 is 9.18 Å². The third-order valence-corrected chi connectivity index (χ3v) is 5.47. The molecule has 0 aliphatic carbocycles. The molecule has 6 heteroatoms. The fourth-order valence-electron chi connectivity index (χ4n) is 3.92. The molecular weight excluding hydrogens is 343 g/mol. The van der Waals surface area contributed by atoms with Crippen molar-refractivity contribution in [3.63, 3.8) is 0 Å². The van der Waals surface area contributed by atoms with Crippen molar-refractivity contribution in [3.05, 3.63) is 65.1 Å². The highest BCUT2D eigenvalue weighted by molar-refractivity contribution is 6.04. The van der Waals surface area contributed by atoms with Crippen molar-refractivity contribution in [1.82, 2.24) is 20.0 Å². The summed E-state index contributed by atoms with van der Waals surface area (Å²) in [4.78, 5) is 17.2. The minimum atomic E-state index is -0.349. The zero-order valence-electron chi connectivity index (χ0n) is 15.7. The van der Waals surface area contributed by atoms with Gasteiger partial charge in [-0.15, -0.1) is 0 Å². The number of nitrogens with zero attached hydrogens (tertiary/aromatic N) is 3. The number of halogens is 1. The lowest BCUT2D eigenvalue weighted by Crippen LogP contribution is -2.36. The van der Waals surface area contributed by atoms with Gasteiger partial charge in [-0.1, -0.05) is 29.8 Å². The fraction of sp³-hybridized carbons (Fsp3) is 0.333. The Hall–Kier alpha value is -2.73. The van der Waals surface area contributed by atoms with E-state index in [0.29, 0.717) is 29.7 Å². The molecule has 4 rings (SSSR count). The van der Waals surface area contributed by atoms with Crippen molar-refractivity contribution in [2.45, 2.75) is 18.9 Å². The summed E-state index contributed by atoms with van der Waals surface area (Å²) in [6.07, 6.45) is 0. The Kier molecular flexibility index (Phi) is 4.44. The molecular formula is C21H23FN4O. The van der Waals surface area contributed by atoms with E-state index in [0.717, 1.165) is 0 Å². The lowest BCUT2D eigenvalue weighted by Gasteiger charge is -2.25. The van der Waals surface area contributed by atoms with Crippen LogP contribution in [0, 0.1) is 12.7 Å². The van der Waals surface area contributed by atoms with Gasteiger partial charge in [0.25, 0.3) is 5.91 Å². The van der Waals surface area contributed by atoms with Gasteiger partial charge in [-0.2, -0.15) is 5.10 Å². The molecule has 1 saturated heterocycles. The Morgan fingerprint density at radius 3 is 2.63 bits per heavy atom. The van der Waals surface area contributed by atoms with Gasteiger partial charge in [0.15, 0.2) is 5.69 Å². The second-order valence-electron chi connectivity index (χ2n) is 7.52. The Morgan fingerprint density at radius 2 is 1.93 bits per heavy atom. The van der Waals surface area contributed by atoms with Gasteiger partial charge in [-0.3, -0.25) is 9.89 Å². The van der Waals surface area contributed by atoms with Crippen molar-refractivity contribution in [3.8, 4) is 0 Å². The van der Waals surface area contributed by atoms with Crippen LogP contribution in [-0.2, 0) is 0 Å². The minimum Gasteiger partial charge on any atom is -0.335 e. The van der Waals surface area contributed by atoms with Gasteiger partial charge < -0.3 is 9.80 Å². The van der Waals surface area contributed by atoms with E-state index in [4.69, 9.17) is 0 Å². The quantitative estimate of drug-likeness (QED) is 0.775. The van der Waals surface area contributed by atoms with Crippen LogP contribution in [0.3, 0.4) is 0 Å². The summed E-state index contributed by atoms with van der Waals surface area (Å²) in [5, 5.41) is 7.59. The molecule has 2 heterocycles. The minimum absolute atomic E-state index is 0.116. The number of hydrogen-bond acceptors (Lipinski definition) is 3. The second kappa shape index (κ2) is 6.78. The van der Waals surface area contributed by atoms with Crippen LogP contribution in [0.25, 0.3) is 10.9 Å². The maximum Gasteiger partial charge on any atom is 0.275 e. The first-order valence-corrected chi connectivity index (χ1v) is 9.10. The topological polar surface area (TPSA) is 52.2 Å². The number of likely N-dealkylation sites (N-methyl/N-ethyl adjacent to an activating group) is 1. The number of aryl methyl sites for hydroxylation is 1. The van der Waals surface area contributed by atoms with Crippen LogP contribution in [0.15, 0.2) is 42.5 Å². The summed E-state index contributed by atoms with van der Waals surface area (Å²) >= 11 is 0. The van der Waals surface area contributed by atoms with Crippen molar-refractivity contribution in [2.24, 2.45) is 0 Å². The standard InChI is InChI=1S/C21H23FN4O/c1-13-4-6-14(7-5-13)17-11-26(12-19(17)25(2)3)21(27)20-16-9-8-15(22)10-18(16)23-24-20/h4-10,17,19H,11-12H2,1-3H3,(H,23,24). The summed E-state index contributed by atoms with van der Waals surface area (Å²) in [5.74, 6) is -0.222. The number of likely N-dealkylation sites (tertiary alicyclic amines) is 1. The molecule has 2 unspecified atom stereocenters. The van der Waals surface area contributed by atoms with Crippen LogP contribution in [0.4, 0.5) is 4.39 Å².